The van der Waals surface area contributed by atoms with Gasteiger partial charge >= 0.3 is 0 Å². The summed E-state index contributed by atoms with van der Waals surface area (Å²) in [6.45, 7) is 0.227. The normalized spacial score (nSPS) is 13.3. The Kier molecular flexibility index (Phi) is 5.18. The number of rotatable bonds is 2. The Morgan fingerprint density at radius 1 is 0.479 bits per heavy atom. The molecular formula is C42H22BNS4. The van der Waals surface area contributed by atoms with E-state index in [4.69, 9.17) is 0 Å². The van der Waals surface area contributed by atoms with Crippen LogP contribution in [0.3, 0.4) is 0 Å². The van der Waals surface area contributed by atoms with Crippen LogP contribution >= 0.6 is 45.3 Å². The van der Waals surface area contributed by atoms with Crippen molar-refractivity contribution in [1.82, 2.24) is 0 Å². The molecule has 0 bridgehead atoms. The zero-order chi connectivity index (χ0) is 31.1. The first-order valence-corrected chi connectivity index (χ1v) is 19.5. The molecule has 1 nitrogen and oxygen atoms in total. The molecule has 0 aliphatic carbocycles. The maximum Gasteiger partial charge on any atom is 0.273 e. The summed E-state index contributed by atoms with van der Waals surface area (Å²) in [5.41, 5.74) is 10.8. The molecule has 0 unspecified atom stereocenters. The van der Waals surface area contributed by atoms with Crippen molar-refractivity contribution in [3.8, 4) is 22.3 Å². The van der Waals surface area contributed by atoms with Crippen LogP contribution in [0.25, 0.3) is 72.7 Å². The summed E-state index contributed by atoms with van der Waals surface area (Å²) in [5.74, 6) is 0. The topological polar surface area (TPSA) is 3.24 Å². The first-order chi connectivity index (χ1) is 23.8. The van der Waals surface area contributed by atoms with Crippen LogP contribution in [0.4, 0.5) is 17.1 Å². The molecule has 6 heteroatoms. The Hall–Kier alpha value is -4.72. The smallest absolute Gasteiger partial charge is 0.273 e. The molecule has 0 radical (unpaired) electrons. The van der Waals surface area contributed by atoms with Crippen molar-refractivity contribution in [1.29, 1.82) is 0 Å². The van der Waals surface area contributed by atoms with E-state index >= 15 is 0 Å². The standard InChI is InChI=1S/C42H22BNS4/c1-6-17-34-25(10-1)26-15-9-14-24(40(26)46-34)23-20-30-37-28-12-3-7-18-35(28)47-41(37)43-38(30)31(21-23)44(32-22-45-33-16-5-2-11-27(32)33)39-29-13-4-8-19-36(29)48-42(39)43/h1-22H. The van der Waals surface area contributed by atoms with Gasteiger partial charge in [-0.2, -0.15) is 0 Å². The second-order valence-corrected chi connectivity index (χ2v) is 16.9. The molecule has 222 valence electrons. The highest BCUT2D eigenvalue weighted by Gasteiger charge is 2.47. The molecule has 10 aromatic rings. The van der Waals surface area contributed by atoms with E-state index in [0.29, 0.717) is 0 Å². The molecule has 0 saturated heterocycles. The van der Waals surface area contributed by atoms with Crippen LogP contribution in [0.2, 0.25) is 0 Å². The van der Waals surface area contributed by atoms with Gasteiger partial charge in [-0.3, -0.25) is 0 Å². The van der Waals surface area contributed by atoms with Gasteiger partial charge in [-0.25, -0.2) is 0 Å². The molecule has 6 aromatic carbocycles. The third kappa shape index (κ3) is 3.31. The lowest BCUT2D eigenvalue weighted by Crippen LogP contribution is -2.52. The van der Waals surface area contributed by atoms with Crippen LogP contribution in [0.15, 0.2) is 133 Å². The summed E-state index contributed by atoms with van der Waals surface area (Å²) in [6, 6.07) is 47.8. The van der Waals surface area contributed by atoms with Gasteiger partial charge in [0, 0.05) is 60.9 Å². The quantitative estimate of drug-likeness (QED) is 0.164. The lowest BCUT2D eigenvalue weighted by molar-refractivity contribution is 1.35. The largest absolute Gasteiger partial charge is 0.309 e. The van der Waals surface area contributed by atoms with Gasteiger partial charge < -0.3 is 4.90 Å². The summed E-state index contributed by atoms with van der Waals surface area (Å²) in [4.78, 5) is 2.63. The molecule has 4 aromatic heterocycles. The number of fused-ring (bicyclic) bond motifs is 13. The SMILES string of the molecule is c1ccc2c(N3c4cc(-c5cccc6c5sc5ccccc56)cc5c4B(c4sc6ccccc6c4-5)c4sc5ccccc5c43)csc2c1. The van der Waals surface area contributed by atoms with E-state index in [0.717, 1.165) is 0 Å². The number of thiophene rings is 4. The molecule has 6 heterocycles. The molecule has 12 rings (SSSR count). The number of benzene rings is 6. The maximum atomic E-state index is 2.63. The van der Waals surface area contributed by atoms with Crippen LogP contribution < -0.4 is 19.9 Å². The summed E-state index contributed by atoms with van der Waals surface area (Å²) in [7, 11) is 0. The van der Waals surface area contributed by atoms with Crippen LogP contribution in [-0.4, -0.2) is 6.71 Å². The highest BCUT2D eigenvalue weighted by Crippen LogP contribution is 2.52. The van der Waals surface area contributed by atoms with Crippen molar-refractivity contribution >= 4 is 135 Å². The van der Waals surface area contributed by atoms with Crippen molar-refractivity contribution in [2.24, 2.45) is 0 Å². The van der Waals surface area contributed by atoms with Crippen molar-refractivity contribution < 1.29 is 0 Å². The Morgan fingerprint density at radius 3 is 1.96 bits per heavy atom. The summed E-state index contributed by atoms with van der Waals surface area (Å²) < 4.78 is 9.71. The van der Waals surface area contributed by atoms with E-state index in [1.807, 2.05) is 45.3 Å². The third-order valence-electron chi connectivity index (χ3n) is 10.3. The van der Waals surface area contributed by atoms with Gasteiger partial charge in [-0.1, -0.05) is 91.0 Å². The van der Waals surface area contributed by atoms with E-state index in [1.165, 1.54) is 105 Å². The fourth-order valence-electron chi connectivity index (χ4n) is 8.37. The monoisotopic (exact) mass is 679 g/mol. The van der Waals surface area contributed by atoms with Crippen molar-refractivity contribution in [3.63, 3.8) is 0 Å². The zero-order valence-corrected chi connectivity index (χ0v) is 28.6. The molecule has 2 aliphatic heterocycles. The van der Waals surface area contributed by atoms with Gasteiger partial charge in [-0.15, -0.1) is 45.3 Å². The first-order valence-electron chi connectivity index (χ1n) is 16.2. The molecule has 0 fully saturated rings. The predicted octanol–water partition coefficient (Wildman–Crippen LogP) is 11.6. The van der Waals surface area contributed by atoms with Crippen molar-refractivity contribution in [3.05, 3.63) is 133 Å². The lowest BCUT2D eigenvalue weighted by atomic mass is 9.43. The molecule has 2 aliphatic rings. The van der Waals surface area contributed by atoms with E-state index in [-0.39, 0.29) is 6.71 Å². The molecule has 48 heavy (non-hydrogen) atoms. The Balaban J connectivity index is 1.25. The number of hydrogen-bond donors (Lipinski definition) is 0. The van der Waals surface area contributed by atoms with Gasteiger partial charge in [0.25, 0.3) is 6.71 Å². The summed E-state index contributed by atoms with van der Waals surface area (Å²) >= 11 is 7.74. The van der Waals surface area contributed by atoms with Gasteiger partial charge in [0.1, 0.15) is 0 Å². The van der Waals surface area contributed by atoms with Crippen molar-refractivity contribution in [2.75, 3.05) is 4.90 Å². The molecule has 0 amide bonds. The Labute approximate surface area is 292 Å². The highest BCUT2D eigenvalue weighted by molar-refractivity contribution is 7.41. The van der Waals surface area contributed by atoms with Crippen LogP contribution in [-0.2, 0) is 0 Å². The molecule has 0 spiro atoms. The second-order valence-electron chi connectivity index (χ2n) is 12.8. The fourth-order valence-corrected chi connectivity index (χ4v) is 13.3. The van der Waals surface area contributed by atoms with Crippen LogP contribution in [0, 0.1) is 0 Å². The fraction of sp³-hybridized carbons (Fsp3) is 0. The molecular weight excluding hydrogens is 658 g/mol. The molecule has 0 atom stereocenters. The highest BCUT2D eigenvalue weighted by atomic mass is 32.1. The number of nitrogens with zero attached hydrogens (tertiary/aromatic N) is 1. The number of hydrogen-bond acceptors (Lipinski definition) is 5. The first kappa shape index (κ1) is 26.3. The molecule has 0 saturated carbocycles. The van der Waals surface area contributed by atoms with Gasteiger partial charge in [0.15, 0.2) is 0 Å². The third-order valence-corrected chi connectivity index (χ3v) is 15.0. The van der Waals surface area contributed by atoms with Gasteiger partial charge in [0.05, 0.1) is 11.4 Å². The summed E-state index contributed by atoms with van der Waals surface area (Å²) in [6.07, 6.45) is 0. The minimum atomic E-state index is 0.227. The van der Waals surface area contributed by atoms with Crippen molar-refractivity contribution in [2.45, 2.75) is 0 Å². The van der Waals surface area contributed by atoms with E-state index < -0.39 is 0 Å². The summed E-state index contributed by atoms with van der Waals surface area (Å²) in [5, 5.41) is 9.09. The minimum absolute atomic E-state index is 0.227. The number of anilines is 3. The van der Waals surface area contributed by atoms with E-state index in [1.54, 1.807) is 0 Å². The predicted molar refractivity (Wildman–Crippen MR) is 216 cm³/mol. The Bertz CT molecular complexity index is 2990. The second kappa shape index (κ2) is 9.46. The zero-order valence-electron chi connectivity index (χ0n) is 25.4. The van der Waals surface area contributed by atoms with Gasteiger partial charge in [0.2, 0.25) is 0 Å². The molecule has 0 N–H and O–H groups in total. The van der Waals surface area contributed by atoms with Crippen LogP contribution in [0.1, 0.15) is 0 Å². The maximum absolute atomic E-state index is 2.63. The van der Waals surface area contributed by atoms with Crippen LogP contribution in [0.5, 0.6) is 0 Å². The van der Waals surface area contributed by atoms with E-state index in [2.05, 4.69) is 138 Å². The van der Waals surface area contributed by atoms with Gasteiger partial charge in [-0.05, 0) is 74.3 Å². The average Bonchev–Trinajstić information content (AvgIpc) is 3.95. The lowest BCUT2D eigenvalue weighted by Gasteiger charge is -2.34. The average molecular weight is 680 g/mol. The minimum Gasteiger partial charge on any atom is -0.309 e. The Morgan fingerprint density at radius 2 is 1.12 bits per heavy atom. The van der Waals surface area contributed by atoms with E-state index in [9.17, 15) is 0 Å².